The SMILES string of the molecule is ClC1C[C@]23CCCCC[C@@]2(C1)C3(Cl)Cl. The molecule has 0 aromatic carbocycles. The summed E-state index contributed by atoms with van der Waals surface area (Å²) in [7, 11) is 0. The summed E-state index contributed by atoms with van der Waals surface area (Å²) in [5, 5.41) is 0.318. The van der Waals surface area contributed by atoms with Gasteiger partial charge in [0, 0.05) is 16.2 Å². The molecule has 0 aromatic rings. The van der Waals surface area contributed by atoms with Gasteiger partial charge in [-0.25, -0.2) is 0 Å². The van der Waals surface area contributed by atoms with Gasteiger partial charge in [-0.3, -0.25) is 0 Å². The Kier molecular flexibility index (Phi) is 1.98. The molecule has 0 aromatic heterocycles. The predicted octanol–water partition coefficient (Wildman–Crippen LogP) is 4.51. The van der Waals surface area contributed by atoms with E-state index in [4.69, 9.17) is 34.8 Å². The van der Waals surface area contributed by atoms with Crippen molar-refractivity contribution in [3.63, 3.8) is 0 Å². The van der Waals surface area contributed by atoms with Gasteiger partial charge in [0.15, 0.2) is 0 Å². The lowest BCUT2D eigenvalue weighted by Crippen LogP contribution is -2.16. The van der Waals surface area contributed by atoms with Gasteiger partial charge in [-0.15, -0.1) is 34.8 Å². The van der Waals surface area contributed by atoms with E-state index in [-0.39, 0.29) is 10.8 Å². The van der Waals surface area contributed by atoms with Crippen LogP contribution in [-0.2, 0) is 0 Å². The van der Waals surface area contributed by atoms with E-state index in [0.717, 1.165) is 12.8 Å². The van der Waals surface area contributed by atoms with Crippen molar-refractivity contribution < 1.29 is 0 Å². The Morgan fingerprint density at radius 3 is 1.86 bits per heavy atom. The molecule has 3 aliphatic carbocycles. The Hall–Kier alpha value is 0.870. The normalized spacial score (nSPS) is 54.6. The van der Waals surface area contributed by atoms with Crippen LogP contribution in [0.25, 0.3) is 0 Å². The standard InChI is InChI=1S/C11H15Cl3/c12-8-6-9-4-2-1-3-5-10(9,7-8)11(9,13)14/h8H,1-7H2/t8?,9-,10+. The van der Waals surface area contributed by atoms with Crippen LogP contribution in [0.1, 0.15) is 44.9 Å². The molecule has 0 saturated heterocycles. The fraction of sp³-hybridized carbons (Fsp3) is 1.00. The molecule has 3 saturated carbocycles. The second-order valence-electron chi connectivity index (χ2n) is 5.30. The molecular formula is C11H15Cl3. The van der Waals surface area contributed by atoms with Gasteiger partial charge in [-0.05, 0) is 25.7 Å². The number of halogens is 3. The summed E-state index contributed by atoms with van der Waals surface area (Å²) in [5.74, 6) is 0. The fourth-order valence-corrected chi connectivity index (χ4v) is 6.09. The summed E-state index contributed by atoms with van der Waals surface area (Å²) >= 11 is 19.3. The van der Waals surface area contributed by atoms with Crippen molar-refractivity contribution >= 4 is 34.8 Å². The van der Waals surface area contributed by atoms with Crippen molar-refractivity contribution in [2.45, 2.75) is 54.7 Å². The predicted molar refractivity (Wildman–Crippen MR) is 61.3 cm³/mol. The smallest absolute Gasteiger partial charge is 0.123 e. The van der Waals surface area contributed by atoms with E-state index >= 15 is 0 Å². The highest BCUT2D eigenvalue weighted by atomic mass is 35.5. The van der Waals surface area contributed by atoms with Crippen LogP contribution in [0.3, 0.4) is 0 Å². The highest BCUT2D eigenvalue weighted by Gasteiger charge is 2.87. The molecule has 0 bridgehead atoms. The van der Waals surface area contributed by atoms with Crippen molar-refractivity contribution in [3.05, 3.63) is 0 Å². The minimum atomic E-state index is -0.453. The quantitative estimate of drug-likeness (QED) is 0.557. The summed E-state index contributed by atoms with van der Waals surface area (Å²) in [6.45, 7) is 0. The lowest BCUT2D eigenvalue weighted by atomic mass is 9.92. The Balaban J connectivity index is 2.00. The highest BCUT2D eigenvalue weighted by molar-refractivity contribution is 6.52. The Labute approximate surface area is 100 Å². The zero-order valence-electron chi connectivity index (χ0n) is 8.16. The van der Waals surface area contributed by atoms with Gasteiger partial charge in [-0.2, -0.15) is 0 Å². The van der Waals surface area contributed by atoms with Crippen LogP contribution in [-0.4, -0.2) is 9.71 Å². The van der Waals surface area contributed by atoms with E-state index in [2.05, 4.69) is 0 Å². The zero-order chi connectivity index (χ0) is 10.0. The second kappa shape index (κ2) is 2.76. The molecule has 3 rings (SSSR count). The van der Waals surface area contributed by atoms with Gasteiger partial charge in [0.2, 0.25) is 0 Å². The van der Waals surface area contributed by atoms with Crippen molar-refractivity contribution in [3.8, 4) is 0 Å². The minimum absolute atomic E-state index is 0.187. The van der Waals surface area contributed by atoms with Crippen LogP contribution in [0.4, 0.5) is 0 Å². The highest BCUT2D eigenvalue weighted by Crippen LogP contribution is 2.88. The molecule has 3 aliphatic rings. The first-order valence-electron chi connectivity index (χ1n) is 5.58. The Morgan fingerprint density at radius 2 is 1.36 bits per heavy atom. The Bertz CT molecular complexity index is 252. The summed E-state index contributed by atoms with van der Waals surface area (Å²) in [4.78, 5) is 0. The molecule has 0 spiro atoms. The van der Waals surface area contributed by atoms with E-state index in [1.807, 2.05) is 0 Å². The molecular weight excluding hydrogens is 238 g/mol. The first-order valence-corrected chi connectivity index (χ1v) is 6.77. The van der Waals surface area contributed by atoms with E-state index < -0.39 is 4.33 Å². The molecule has 0 heterocycles. The molecule has 3 heteroatoms. The Morgan fingerprint density at radius 1 is 0.857 bits per heavy atom. The summed E-state index contributed by atoms with van der Waals surface area (Å²) in [6.07, 6.45) is 8.40. The topological polar surface area (TPSA) is 0 Å². The fourth-order valence-electron chi connectivity index (χ4n) is 4.24. The van der Waals surface area contributed by atoms with Crippen LogP contribution in [0.2, 0.25) is 0 Å². The third-order valence-corrected chi connectivity index (χ3v) is 6.66. The van der Waals surface area contributed by atoms with Gasteiger partial charge in [-0.1, -0.05) is 19.3 Å². The molecule has 80 valence electrons. The lowest BCUT2D eigenvalue weighted by Gasteiger charge is -2.19. The summed E-state index contributed by atoms with van der Waals surface area (Å²) in [5.41, 5.74) is 0.373. The number of hydrogen-bond acceptors (Lipinski definition) is 0. The van der Waals surface area contributed by atoms with Gasteiger partial charge in [0.1, 0.15) is 4.33 Å². The first kappa shape index (κ1) is 10.1. The molecule has 0 radical (unpaired) electrons. The van der Waals surface area contributed by atoms with Crippen molar-refractivity contribution in [2.75, 3.05) is 0 Å². The van der Waals surface area contributed by atoms with Crippen LogP contribution in [0.5, 0.6) is 0 Å². The summed E-state index contributed by atoms with van der Waals surface area (Å²) < 4.78 is -0.453. The van der Waals surface area contributed by atoms with Gasteiger partial charge >= 0.3 is 0 Å². The maximum atomic E-state index is 6.51. The lowest BCUT2D eigenvalue weighted by molar-refractivity contribution is 0.367. The molecule has 1 unspecified atom stereocenters. The maximum absolute atomic E-state index is 6.51. The van der Waals surface area contributed by atoms with Crippen molar-refractivity contribution in [1.29, 1.82) is 0 Å². The monoisotopic (exact) mass is 252 g/mol. The van der Waals surface area contributed by atoms with Crippen molar-refractivity contribution in [2.24, 2.45) is 10.8 Å². The van der Waals surface area contributed by atoms with Crippen LogP contribution >= 0.6 is 34.8 Å². The van der Waals surface area contributed by atoms with Crippen LogP contribution in [0, 0.1) is 10.8 Å². The minimum Gasteiger partial charge on any atom is -0.123 e. The first-order chi connectivity index (χ1) is 6.56. The van der Waals surface area contributed by atoms with E-state index in [0.29, 0.717) is 5.38 Å². The molecule has 3 fully saturated rings. The second-order valence-corrected chi connectivity index (χ2v) is 7.25. The molecule has 3 atom stereocenters. The molecule has 14 heavy (non-hydrogen) atoms. The molecule has 0 amide bonds. The number of alkyl halides is 3. The number of rotatable bonds is 0. The maximum Gasteiger partial charge on any atom is 0.130 e. The van der Waals surface area contributed by atoms with Crippen LogP contribution < -0.4 is 0 Å². The summed E-state index contributed by atoms with van der Waals surface area (Å²) in [6, 6.07) is 0. The molecule has 0 nitrogen and oxygen atoms in total. The molecule has 0 aliphatic heterocycles. The average molecular weight is 254 g/mol. The van der Waals surface area contributed by atoms with Crippen LogP contribution in [0.15, 0.2) is 0 Å². The van der Waals surface area contributed by atoms with E-state index in [1.165, 1.54) is 32.1 Å². The zero-order valence-corrected chi connectivity index (χ0v) is 10.4. The average Bonchev–Trinajstić information content (AvgIpc) is 2.35. The number of hydrogen-bond donors (Lipinski definition) is 0. The van der Waals surface area contributed by atoms with Gasteiger partial charge in [0.05, 0.1) is 0 Å². The molecule has 0 N–H and O–H groups in total. The largest absolute Gasteiger partial charge is 0.130 e. The van der Waals surface area contributed by atoms with E-state index in [1.54, 1.807) is 0 Å². The third-order valence-electron chi connectivity index (χ3n) is 4.90. The van der Waals surface area contributed by atoms with Gasteiger partial charge in [0.25, 0.3) is 0 Å². The third kappa shape index (κ3) is 0.862. The van der Waals surface area contributed by atoms with Gasteiger partial charge < -0.3 is 0 Å². The van der Waals surface area contributed by atoms with Crippen molar-refractivity contribution in [1.82, 2.24) is 0 Å². The van der Waals surface area contributed by atoms with E-state index in [9.17, 15) is 0 Å².